The molecule has 0 saturated carbocycles. The Labute approximate surface area is 168 Å². The molecule has 1 fully saturated rings. The van der Waals surface area contributed by atoms with Crippen LogP contribution in [0.25, 0.3) is 10.2 Å². The number of nitrogens with one attached hydrogen (secondary N) is 1. The summed E-state index contributed by atoms with van der Waals surface area (Å²) in [7, 11) is 0. The lowest BCUT2D eigenvalue weighted by Crippen LogP contribution is -2.40. The first kappa shape index (κ1) is 18.3. The number of benzene rings is 2. The summed E-state index contributed by atoms with van der Waals surface area (Å²) in [6.45, 7) is 3.80. The van der Waals surface area contributed by atoms with Crippen molar-refractivity contribution in [2.45, 2.75) is 24.7 Å². The number of aryl methyl sites for hydroxylation is 1. The fraction of sp³-hybridized carbons (Fsp3) is 0.333. The monoisotopic (exact) mass is 397 g/mol. The zero-order valence-corrected chi connectivity index (χ0v) is 17.2. The van der Waals surface area contributed by atoms with Gasteiger partial charge in [0.2, 0.25) is 5.91 Å². The molecule has 140 valence electrons. The molecule has 2 heterocycles. The lowest BCUT2D eigenvalue weighted by atomic mass is 9.97. The zero-order valence-electron chi connectivity index (χ0n) is 15.6. The third-order valence-electron chi connectivity index (χ3n) is 4.93. The molecule has 1 N–H and O–H groups in total. The SMILES string of the molecule is CSc1cccc(NC(=O)C2CCCN(c3nc4ccc(C)cc4s3)C2)c1. The number of fused-ring (bicyclic) bond motifs is 1. The van der Waals surface area contributed by atoms with Gasteiger partial charge < -0.3 is 10.2 Å². The molecular formula is C21H23N3OS2. The maximum atomic E-state index is 12.8. The number of carbonyl (C=O) groups is 1. The number of thiazole rings is 1. The van der Waals surface area contributed by atoms with Crippen LogP contribution in [0.1, 0.15) is 18.4 Å². The Morgan fingerprint density at radius 1 is 1.30 bits per heavy atom. The van der Waals surface area contributed by atoms with E-state index >= 15 is 0 Å². The summed E-state index contributed by atoms with van der Waals surface area (Å²) in [5.41, 5.74) is 3.17. The van der Waals surface area contributed by atoms with Gasteiger partial charge >= 0.3 is 0 Å². The molecule has 1 aliphatic heterocycles. The molecule has 4 rings (SSSR count). The van der Waals surface area contributed by atoms with Gasteiger partial charge in [-0.15, -0.1) is 11.8 Å². The summed E-state index contributed by atoms with van der Waals surface area (Å²) in [5.74, 6) is 0.0975. The number of thioether (sulfide) groups is 1. The van der Waals surface area contributed by atoms with Crippen LogP contribution in [0.2, 0.25) is 0 Å². The summed E-state index contributed by atoms with van der Waals surface area (Å²) >= 11 is 3.40. The summed E-state index contributed by atoms with van der Waals surface area (Å²) in [4.78, 5) is 21.0. The minimum Gasteiger partial charge on any atom is -0.347 e. The van der Waals surface area contributed by atoms with Gasteiger partial charge in [0.05, 0.1) is 16.1 Å². The van der Waals surface area contributed by atoms with Crippen LogP contribution >= 0.6 is 23.1 Å². The first-order chi connectivity index (χ1) is 13.1. The molecule has 0 bridgehead atoms. The van der Waals surface area contributed by atoms with Gasteiger partial charge in [-0.2, -0.15) is 0 Å². The Balaban J connectivity index is 1.47. The molecule has 4 nitrogen and oxygen atoms in total. The predicted octanol–water partition coefficient (Wildman–Crippen LogP) is 5.18. The van der Waals surface area contributed by atoms with Crippen LogP contribution in [0.4, 0.5) is 10.8 Å². The Hall–Kier alpha value is -2.05. The first-order valence-corrected chi connectivity index (χ1v) is 11.2. The number of amides is 1. The molecule has 1 amide bonds. The highest BCUT2D eigenvalue weighted by Crippen LogP contribution is 2.32. The Kier molecular flexibility index (Phi) is 5.36. The quantitative estimate of drug-likeness (QED) is 0.616. The van der Waals surface area contributed by atoms with Crippen molar-refractivity contribution in [3.05, 3.63) is 48.0 Å². The van der Waals surface area contributed by atoms with Crippen LogP contribution in [-0.2, 0) is 4.79 Å². The third kappa shape index (κ3) is 4.12. The minimum atomic E-state index is -0.00886. The summed E-state index contributed by atoms with van der Waals surface area (Å²) in [5, 5.41) is 4.12. The number of hydrogen-bond donors (Lipinski definition) is 1. The van der Waals surface area contributed by atoms with E-state index < -0.39 is 0 Å². The van der Waals surface area contributed by atoms with Crippen molar-refractivity contribution in [3.63, 3.8) is 0 Å². The van der Waals surface area contributed by atoms with Crippen molar-refractivity contribution in [1.82, 2.24) is 4.98 Å². The van der Waals surface area contributed by atoms with Crippen LogP contribution < -0.4 is 10.2 Å². The highest BCUT2D eigenvalue weighted by atomic mass is 32.2. The van der Waals surface area contributed by atoms with Gasteiger partial charge in [0.15, 0.2) is 5.13 Å². The Bertz CT molecular complexity index is 969. The topological polar surface area (TPSA) is 45.2 Å². The number of aromatic nitrogens is 1. The van der Waals surface area contributed by atoms with Crippen LogP contribution in [0, 0.1) is 12.8 Å². The number of piperidine rings is 1. The molecule has 27 heavy (non-hydrogen) atoms. The summed E-state index contributed by atoms with van der Waals surface area (Å²) < 4.78 is 1.21. The van der Waals surface area contributed by atoms with E-state index in [-0.39, 0.29) is 11.8 Å². The normalized spacial score (nSPS) is 17.3. The van der Waals surface area contributed by atoms with Crippen molar-refractivity contribution in [2.75, 3.05) is 29.6 Å². The van der Waals surface area contributed by atoms with E-state index in [1.165, 1.54) is 10.3 Å². The van der Waals surface area contributed by atoms with Crippen molar-refractivity contribution in [2.24, 2.45) is 5.92 Å². The zero-order chi connectivity index (χ0) is 18.8. The van der Waals surface area contributed by atoms with Gasteiger partial charge in [-0.05, 0) is 61.9 Å². The highest BCUT2D eigenvalue weighted by Gasteiger charge is 2.27. The molecule has 1 atom stereocenters. The fourth-order valence-corrected chi connectivity index (χ4v) is 5.02. The van der Waals surface area contributed by atoms with E-state index in [0.29, 0.717) is 0 Å². The van der Waals surface area contributed by atoms with Crippen molar-refractivity contribution >= 4 is 50.0 Å². The second kappa shape index (κ2) is 7.90. The number of anilines is 2. The number of nitrogens with zero attached hydrogens (tertiary/aromatic N) is 2. The lowest BCUT2D eigenvalue weighted by molar-refractivity contribution is -0.120. The van der Waals surface area contributed by atoms with E-state index in [0.717, 1.165) is 47.2 Å². The fourth-order valence-electron chi connectivity index (χ4n) is 3.46. The highest BCUT2D eigenvalue weighted by molar-refractivity contribution is 7.98. The Morgan fingerprint density at radius 2 is 2.19 bits per heavy atom. The molecule has 1 saturated heterocycles. The van der Waals surface area contributed by atoms with Crippen molar-refractivity contribution < 1.29 is 4.79 Å². The van der Waals surface area contributed by atoms with Gasteiger partial charge in [-0.3, -0.25) is 4.79 Å². The van der Waals surface area contributed by atoms with Crippen LogP contribution in [-0.4, -0.2) is 30.2 Å². The predicted molar refractivity (Wildman–Crippen MR) is 116 cm³/mol. The molecule has 1 unspecified atom stereocenters. The van der Waals surface area contributed by atoms with E-state index in [9.17, 15) is 4.79 Å². The molecular weight excluding hydrogens is 374 g/mol. The van der Waals surface area contributed by atoms with Gasteiger partial charge in [-0.25, -0.2) is 4.98 Å². The molecule has 6 heteroatoms. The van der Waals surface area contributed by atoms with Gasteiger partial charge in [0, 0.05) is 23.7 Å². The van der Waals surface area contributed by atoms with Gasteiger partial charge in [0.1, 0.15) is 0 Å². The standard InChI is InChI=1S/C21H23N3OS2/c1-14-8-9-18-19(11-14)27-21(23-18)24-10-4-5-15(13-24)20(25)22-16-6-3-7-17(12-16)26-2/h3,6-9,11-12,15H,4-5,10,13H2,1-2H3,(H,22,25). The average molecular weight is 398 g/mol. The van der Waals surface area contributed by atoms with Crippen LogP contribution in [0.15, 0.2) is 47.4 Å². The molecule has 0 radical (unpaired) electrons. The van der Waals surface area contributed by atoms with Crippen LogP contribution in [0.3, 0.4) is 0 Å². The minimum absolute atomic E-state index is 0.00886. The number of carbonyl (C=O) groups excluding carboxylic acids is 1. The smallest absolute Gasteiger partial charge is 0.229 e. The molecule has 3 aromatic rings. The average Bonchev–Trinajstić information content (AvgIpc) is 3.11. The second-order valence-electron chi connectivity index (χ2n) is 6.97. The van der Waals surface area contributed by atoms with Crippen LogP contribution in [0.5, 0.6) is 0 Å². The molecule has 1 aromatic heterocycles. The molecule has 0 aliphatic carbocycles. The van der Waals surface area contributed by atoms with Crippen molar-refractivity contribution in [3.8, 4) is 0 Å². The number of rotatable bonds is 4. The largest absolute Gasteiger partial charge is 0.347 e. The lowest BCUT2D eigenvalue weighted by Gasteiger charge is -2.31. The molecule has 2 aromatic carbocycles. The van der Waals surface area contributed by atoms with E-state index in [4.69, 9.17) is 4.98 Å². The van der Waals surface area contributed by atoms with Gasteiger partial charge in [0.25, 0.3) is 0 Å². The summed E-state index contributed by atoms with van der Waals surface area (Å²) in [6, 6.07) is 14.4. The molecule has 1 aliphatic rings. The van der Waals surface area contributed by atoms with Crippen molar-refractivity contribution in [1.29, 1.82) is 0 Å². The maximum Gasteiger partial charge on any atom is 0.229 e. The van der Waals surface area contributed by atoms with E-state index in [1.807, 2.05) is 24.5 Å². The number of hydrogen-bond acceptors (Lipinski definition) is 5. The summed E-state index contributed by atoms with van der Waals surface area (Å²) in [6.07, 6.45) is 3.98. The first-order valence-electron chi connectivity index (χ1n) is 9.19. The molecule has 0 spiro atoms. The Morgan fingerprint density at radius 3 is 3.04 bits per heavy atom. The maximum absolute atomic E-state index is 12.8. The van der Waals surface area contributed by atoms with Gasteiger partial charge in [-0.1, -0.05) is 23.5 Å². The van der Waals surface area contributed by atoms with E-state index in [2.05, 4.69) is 41.4 Å². The van der Waals surface area contributed by atoms with E-state index in [1.54, 1.807) is 23.1 Å². The third-order valence-corrected chi connectivity index (χ3v) is 6.74. The second-order valence-corrected chi connectivity index (χ2v) is 8.86.